The van der Waals surface area contributed by atoms with Crippen LogP contribution in [0.15, 0.2) is 23.1 Å². The molecule has 0 unspecified atom stereocenters. The number of carboxylic acid groups (broad SMARTS) is 1. The summed E-state index contributed by atoms with van der Waals surface area (Å²) >= 11 is 11.9. The number of aliphatic carboxylic acids is 1. The summed E-state index contributed by atoms with van der Waals surface area (Å²) in [5, 5.41) is 9.11. The zero-order chi connectivity index (χ0) is 17.7. The van der Waals surface area contributed by atoms with E-state index in [4.69, 9.17) is 28.3 Å². The second-order valence-corrected chi connectivity index (χ2v) is 8.42. The van der Waals surface area contributed by atoms with Gasteiger partial charge in [-0.2, -0.15) is 4.31 Å². The van der Waals surface area contributed by atoms with Crippen LogP contribution in [-0.4, -0.2) is 61.4 Å². The number of piperazine rings is 1. The minimum absolute atomic E-state index is 0.0339. The Kier molecular flexibility index (Phi) is 6.88. The fourth-order valence-corrected chi connectivity index (χ4v) is 4.78. The van der Waals surface area contributed by atoms with Crippen molar-refractivity contribution in [2.24, 2.45) is 0 Å². The number of hydrogen-bond donors (Lipinski definition) is 1. The molecule has 0 atom stereocenters. The van der Waals surface area contributed by atoms with Crippen molar-refractivity contribution in [3.63, 3.8) is 0 Å². The van der Waals surface area contributed by atoms with Crippen LogP contribution in [0.1, 0.15) is 19.3 Å². The number of sulfonamides is 1. The maximum Gasteiger partial charge on any atom is 0.303 e. The van der Waals surface area contributed by atoms with Crippen LogP contribution in [0.4, 0.5) is 0 Å². The maximum atomic E-state index is 12.7. The molecule has 6 nitrogen and oxygen atoms in total. The zero-order valence-corrected chi connectivity index (χ0v) is 15.4. The Labute approximate surface area is 152 Å². The van der Waals surface area contributed by atoms with Crippen LogP contribution in [0.5, 0.6) is 0 Å². The molecule has 1 heterocycles. The Hall–Kier alpha value is -0.860. The number of rotatable bonds is 7. The second-order valence-electron chi connectivity index (χ2n) is 5.67. The second kappa shape index (κ2) is 8.49. The lowest BCUT2D eigenvalue weighted by Crippen LogP contribution is -2.48. The molecule has 0 aliphatic carbocycles. The molecule has 0 bridgehead atoms. The van der Waals surface area contributed by atoms with Gasteiger partial charge in [-0.25, -0.2) is 8.42 Å². The first kappa shape index (κ1) is 19.5. The van der Waals surface area contributed by atoms with Crippen molar-refractivity contribution in [1.29, 1.82) is 0 Å². The van der Waals surface area contributed by atoms with E-state index in [0.29, 0.717) is 37.6 Å². The highest BCUT2D eigenvalue weighted by molar-refractivity contribution is 7.89. The first-order valence-corrected chi connectivity index (χ1v) is 9.89. The molecule has 24 heavy (non-hydrogen) atoms. The smallest absolute Gasteiger partial charge is 0.303 e. The first-order chi connectivity index (χ1) is 11.3. The van der Waals surface area contributed by atoms with Gasteiger partial charge < -0.3 is 10.0 Å². The number of carboxylic acids is 1. The van der Waals surface area contributed by atoms with Crippen molar-refractivity contribution in [3.8, 4) is 0 Å². The third kappa shape index (κ3) is 5.07. The van der Waals surface area contributed by atoms with Crippen LogP contribution in [-0.2, 0) is 14.8 Å². The van der Waals surface area contributed by atoms with Gasteiger partial charge in [0.25, 0.3) is 0 Å². The van der Waals surface area contributed by atoms with Crippen LogP contribution in [0.2, 0.25) is 10.0 Å². The van der Waals surface area contributed by atoms with E-state index in [1.54, 1.807) is 6.07 Å². The molecule has 1 aromatic rings. The minimum Gasteiger partial charge on any atom is -0.481 e. The van der Waals surface area contributed by atoms with Crippen molar-refractivity contribution < 1.29 is 18.3 Å². The van der Waals surface area contributed by atoms with Crippen LogP contribution >= 0.6 is 23.2 Å². The summed E-state index contributed by atoms with van der Waals surface area (Å²) in [6.45, 7) is 2.77. The molecule has 134 valence electrons. The summed E-state index contributed by atoms with van der Waals surface area (Å²) in [7, 11) is -3.66. The van der Waals surface area contributed by atoms with Crippen molar-refractivity contribution in [2.75, 3.05) is 32.7 Å². The lowest BCUT2D eigenvalue weighted by molar-refractivity contribution is -0.137. The van der Waals surface area contributed by atoms with Gasteiger partial charge in [-0.05, 0) is 37.6 Å². The van der Waals surface area contributed by atoms with Gasteiger partial charge in [0.2, 0.25) is 10.0 Å². The Morgan fingerprint density at radius 2 is 1.79 bits per heavy atom. The topological polar surface area (TPSA) is 77.9 Å². The lowest BCUT2D eigenvalue weighted by atomic mass is 10.2. The summed E-state index contributed by atoms with van der Waals surface area (Å²) in [5.74, 6) is -0.788. The predicted molar refractivity (Wildman–Crippen MR) is 93.1 cm³/mol. The molecule has 1 aliphatic rings. The monoisotopic (exact) mass is 394 g/mol. The molecule has 9 heteroatoms. The Morgan fingerprint density at radius 3 is 2.42 bits per heavy atom. The summed E-state index contributed by atoms with van der Waals surface area (Å²) in [6.07, 6.45) is 1.59. The number of carbonyl (C=O) groups is 1. The average Bonchev–Trinajstić information content (AvgIpc) is 2.54. The number of hydrogen-bond acceptors (Lipinski definition) is 4. The first-order valence-electron chi connectivity index (χ1n) is 7.70. The van der Waals surface area contributed by atoms with Gasteiger partial charge in [0.1, 0.15) is 4.90 Å². The molecule has 1 fully saturated rings. The van der Waals surface area contributed by atoms with Crippen molar-refractivity contribution in [1.82, 2.24) is 9.21 Å². The highest BCUT2D eigenvalue weighted by Crippen LogP contribution is 2.28. The molecule has 1 saturated heterocycles. The van der Waals surface area contributed by atoms with Gasteiger partial charge in [0.15, 0.2) is 0 Å². The van der Waals surface area contributed by atoms with E-state index in [1.165, 1.54) is 16.4 Å². The van der Waals surface area contributed by atoms with Gasteiger partial charge in [0.05, 0.1) is 5.02 Å². The average molecular weight is 395 g/mol. The molecule has 0 aromatic heterocycles. The SMILES string of the molecule is O=C(O)CCCCN1CCN(S(=O)(=O)c2cc(Cl)ccc2Cl)CC1. The highest BCUT2D eigenvalue weighted by Gasteiger charge is 2.30. The molecule has 1 N–H and O–H groups in total. The molecular formula is C15H20Cl2N2O4S. The largest absolute Gasteiger partial charge is 0.481 e. The molecule has 1 aromatic carbocycles. The zero-order valence-electron chi connectivity index (χ0n) is 13.1. The summed E-state index contributed by atoms with van der Waals surface area (Å²) < 4.78 is 26.8. The molecule has 2 rings (SSSR count). The fraction of sp³-hybridized carbons (Fsp3) is 0.533. The van der Waals surface area contributed by atoms with E-state index in [2.05, 4.69) is 4.90 Å². The number of unbranched alkanes of at least 4 members (excludes halogenated alkanes) is 1. The van der Waals surface area contributed by atoms with E-state index in [0.717, 1.165) is 13.0 Å². The summed E-state index contributed by atoms with van der Waals surface area (Å²) in [4.78, 5) is 12.7. The van der Waals surface area contributed by atoms with Gasteiger partial charge in [-0.15, -0.1) is 0 Å². The lowest BCUT2D eigenvalue weighted by Gasteiger charge is -2.34. The van der Waals surface area contributed by atoms with Gasteiger partial charge >= 0.3 is 5.97 Å². The van der Waals surface area contributed by atoms with Crippen LogP contribution in [0.3, 0.4) is 0 Å². The molecule has 0 saturated carbocycles. The van der Waals surface area contributed by atoms with Gasteiger partial charge in [-0.1, -0.05) is 23.2 Å². The number of halogens is 2. The van der Waals surface area contributed by atoms with E-state index >= 15 is 0 Å². The van der Waals surface area contributed by atoms with E-state index in [1.807, 2.05) is 0 Å². The Balaban J connectivity index is 1.91. The standard InChI is InChI=1S/C15H20Cl2N2O4S/c16-12-4-5-13(17)14(11-12)24(22,23)19-9-7-18(8-10-19)6-2-1-3-15(20)21/h4-5,11H,1-3,6-10H2,(H,20,21). The third-order valence-corrected chi connectivity index (χ3v) is 6.57. The molecule has 0 amide bonds. The Morgan fingerprint density at radius 1 is 1.12 bits per heavy atom. The van der Waals surface area contributed by atoms with Crippen molar-refractivity contribution >= 4 is 39.2 Å². The maximum absolute atomic E-state index is 12.7. The minimum atomic E-state index is -3.66. The summed E-state index contributed by atoms with van der Waals surface area (Å²) in [6, 6.07) is 4.41. The van der Waals surface area contributed by atoms with Crippen LogP contribution in [0, 0.1) is 0 Å². The Bertz CT molecular complexity index is 689. The quantitative estimate of drug-likeness (QED) is 0.718. The number of benzene rings is 1. The normalized spacial score (nSPS) is 17.1. The van der Waals surface area contributed by atoms with E-state index in [9.17, 15) is 13.2 Å². The number of nitrogens with zero attached hydrogens (tertiary/aromatic N) is 2. The third-order valence-electron chi connectivity index (χ3n) is 3.96. The molecule has 1 aliphatic heterocycles. The van der Waals surface area contributed by atoms with Crippen molar-refractivity contribution in [3.05, 3.63) is 28.2 Å². The van der Waals surface area contributed by atoms with Crippen molar-refractivity contribution in [2.45, 2.75) is 24.2 Å². The highest BCUT2D eigenvalue weighted by atomic mass is 35.5. The fourth-order valence-electron chi connectivity index (χ4n) is 2.62. The predicted octanol–water partition coefficient (Wildman–Crippen LogP) is 2.55. The van der Waals surface area contributed by atoms with Gasteiger partial charge in [-0.3, -0.25) is 4.79 Å². The van der Waals surface area contributed by atoms with E-state index < -0.39 is 16.0 Å². The molecule has 0 radical (unpaired) electrons. The van der Waals surface area contributed by atoms with Crippen LogP contribution < -0.4 is 0 Å². The summed E-state index contributed by atoms with van der Waals surface area (Å²) in [5.41, 5.74) is 0. The van der Waals surface area contributed by atoms with E-state index in [-0.39, 0.29) is 16.3 Å². The molecular weight excluding hydrogens is 375 g/mol. The van der Waals surface area contributed by atoms with Crippen LogP contribution in [0.25, 0.3) is 0 Å². The van der Waals surface area contributed by atoms with Gasteiger partial charge in [0, 0.05) is 37.6 Å². The molecule has 0 spiro atoms.